The number of halogens is 2. The summed E-state index contributed by atoms with van der Waals surface area (Å²) in [6.07, 6.45) is 3.21. The van der Waals surface area contributed by atoms with Crippen LogP contribution in [0.2, 0.25) is 0 Å². The molecule has 0 aliphatic carbocycles. The van der Waals surface area contributed by atoms with Crippen molar-refractivity contribution in [1.29, 1.82) is 0 Å². The van der Waals surface area contributed by atoms with Crippen LogP contribution in [0.3, 0.4) is 0 Å². The minimum absolute atomic E-state index is 0.106. The summed E-state index contributed by atoms with van der Waals surface area (Å²) in [5, 5.41) is 13.1. The molecule has 2 aromatic heterocycles. The number of ether oxygens (including phenoxy) is 1. The number of carboxylic acids is 1. The third-order valence-corrected chi connectivity index (χ3v) is 4.75. The van der Waals surface area contributed by atoms with Crippen molar-refractivity contribution in [2.75, 3.05) is 13.2 Å². The molecular formula is C23H19F2N3O3. The van der Waals surface area contributed by atoms with E-state index in [9.17, 15) is 13.6 Å². The highest BCUT2D eigenvalue weighted by atomic mass is 19.1. The van der Waals surface area contributed by atoms with E-state index >= 15 is 0 Å². The van der Waals surface area contributed by atoms with Crippen LogP contribution in [0.25, 0.3) is 22.0 Å². The number of aromatic amines is 1. The number of nitrogens with zero attached hydrogens (tertiary/aromatic N) is 1. The fourth-order valence-corrected chi connectivity index (χ4v) is 3.28. The molecule has 2 aromatic carbocycles. The lowest BCUT2D eigenvalue weighted by molar-refractivity contribution is 0.0691. The quantitative estimate of drug-likeness (QED) is 0.366. The van der Waals surface area contributed by atoms with E-state index in [1.165, 1.54) is 18.3 Å². The first kappa shape index (κ1) is 20.5. The highest BCUT2D eigenvalue weighted by Gasteiger charge is 2.11. The largest absolute Gasteiger partial charge is 0.490 e. The van der Waals surface area contributed by atoms with Gasteiger partial charge in [-0.05, 0) is 35.9 Å². The molecule has 0 radical (unpaired) electrons. The fraction of sp³-hybridized carbons (Fsp3) is 0.130. The van der Waals surface area contributed by atoms with Crippen molar-refractivity contribution in [3.63, 3.8) is 0 Å². The first-order valence-electron chi connectivity index (χ1n) is 9.59. The molecule has 0 atom stereocenters. The summed E-state index contributed by atoms with van der Waals surface area (Å²) >= 11 is 0. The number of aromatic nitrogens is 2. The standard InChI is InChI=1S/C23H19F2N3O3/c24-17-4-5-18(19(25)10-17)16-8-14(12-27-13-16)11-26-6-7-31-21-3-1-2-15-9-20(23(29)30)28-22(15)21/h1-5,8-10,12-13,26,28H,6-7,11H2,(H,29,30). The number of hydrogen-bond acceptors (Lipinski definition) is 4. The third-order valence-electron chi connectivity index (χ3n) is 4.75. The summed E-state index contributed by atoms with van der Waals surface area (Å²) in [7, 11) is 0. The van der Waals surface area contributed by atoms with Gasteiger partial charge in [0.05, 0.1) is 5.52 Å². The van der Waals surface area contributed by atoms with Crippen LogP contribution in [0.1, 0.15) is 16.1 Å². The summed E-state index contributed by atoms with van der Waals surface area (Å²) in [5.74, 6) is -1.71. The van der Waals surface area contributed by atoms with Gasteiger partial charge in [-0.2, -0.15) is 0 Å². The van der Waals surface area contributed by atoms with Crippen molar-refractivity contribution < 1.29 is 23.4 Å². The van der Waals surface area contributed by atoms with Crippen LogP contribution in [0.4, 0.5) is 8.78 Å². The number of H-pyrrole nitrogens is 1. The Hall–Kier alpha value is -3.78. The normalized spacial score (nSPS) is 11.0. The molecule has 0 aliphatic rings. The summed E-state index contributed by atoms with van der Waals surface area (Å²) in [5.41, 5.74) is 2.45. The van der Waals surface area contributed by atoms with Crippen LogP contribution in [-0.2, 0) is 6.54 Å². The van der Waals surface area contributed by atoms with E-state index in [1.54, 1.807) is 30.5 Å². The molecule has 0 bridgehead atoms. The van der Waals surface area contributed by atoms with Crippen LogP contribution in [0.15, 0.2) is 60.9 Å². The Balaban J connectivity index is 1.34. The van der Waals surface area contributed by atoms with Crippen molar-refractivity contribution in [1.82, 2.24) is 15.3 Å². The van der Waals surface area contributed by atoms with Gasteiger partial charge < -0.3 is 20.1 Å². The molecule has 4 rings (SSSR count). The van der Waals surface area contributed by atoms with E-state index in [4.69, 9.17) is 9.84 Å². The predicted octanol–water partition coefficient (Wildman–Crippen LogP) is 4.37. The first-order chi connectivity index (χ1) is 15.0. The summed E-state index contributed by atoms with van der Waals surface area (Å²) in [6.45, 7) is 1.38. The zero-order valence-corrected chi connectivity index (χ0v) is 16.4. The number of nitrogens with one attached hydrogen (secondary N) is 2. The highest BCUT2D eigenvalue weighted by Crippen LogP contribution is 2.26. The lowest BCUT2D eigenvalue weighted by atomic mass is 10.1. The number of pyridine rings is 1. The Morgan fingerprint density at radius 3 is 2.81 bits per heavy atom. The number of para-hydroxylation sites is 1. The van der Waals surface area contributed by atoms with Gasteiger partial charge in [0, 0.05) is 48.1 Å². The fourth-order valence-electron chi connectivity index (χ4n) is 3.28. The van der Waals surface area contributed by atoms with Gasteiger partial charge in [-0.1, -0.05) is 12.1 Å². The molecule has 2 heterocycles. The van der Waals surface area contributed by atoms with E-state index in [1.807, 2.05) is 6.07 Å². The predicted molar refractivity (Wildman–Crippen MR) is 112 cm³/mol. The molecule has 0 amide bonds. The molecule has 0 spiro atoms. The molecule has 3 N–H and O–H groups in total. The van der Waals surface area contributed by atoms with Crippen molar-refractivity contribution in [2.24, 2.45) is 0 Å². The van der Waals surface area contributed by atoms with Gasteiger partial charge in [0.2, 0.25) is 0 Å². The van der Waals surface area contributed by atoms with Gasteiger partial charge in [-0.3, -0.25) is 4.98 Å². The topological polar surface area (TPSA) is 87.2 Å². The third kappa shape index (κ3) is 4.70. The second-order valence-electron chi connectivity index (χ2n) is 6.94. The minimum Gasteiger partial charge on any atom is -0.490 e. The van der Waals surface area contributed by atoms with Crippen LogP contribution in [-0.4, -0.2) is 34.2 Å². The molecule has 31 heavy (non-hydrogen) atoms. The second kappa shape index (κ2) is 8.93. The number of hydrogen-bond donors (Lipinski definition) is 3. The molecule has 6 nitrogen and oxygen atoms in total. The number of aromatic carboxylic acids is 1. The molecule has 4 aromatic rings. The van der Waals surface area contributed by atoms with Crippen LogP contribution in [0.5, 0.6) is 5.75 Å². The Kier molecular flexibility index (Phi) is 5.90. The van der Waals surface area contributed by atoms with Crippen molar-refractivity contribution >= 4 is 16.9 Å². The van der Waals surface area contributed by atoms with Gasteiger partial charge >= 0.3 is 5.97 Å². The van der Waals surface area contributed by atoms with Gasteiger partial charge in [0.1, 0.15) is 29.7 Å². The van der Waals surface area contributed by atoms with E-state index in [0.29, 0.717) is 42.1 Å². The summed E-state index contributed by atoms with van der Waals surface area (Å²) in [4.78, 5) is 18.1. The molecule has 0 saturated heterocycles. The second-order valence-corrected chi connectivity index (χ2v) is 6.94. The summed E-state index contributed by atoms with van der Waals surface area (Å²) < 4.78 is 32.9. The van der Waals surface area contributed by atoms with E-state index < -0.39 is 17.6 Å². The van der Waals surface area contributed by atoms with E-state index in [0.717, 1.165) is 17.0 Å². The average molecular weight is 423 g/mol. The Morgan fingerprint density at radius 2 is 2.00 bits per heavy atom. The lowest BCUT2D eigenvalue weighted by Crippen LogP contribution is -2.20. The zero-order valence-electron chi connectivity index (χ0n) is 16.4. The maximum atomic E-state index is 14.0. The van der Waals surface area contributed by atoms with Crippen LogP contribution in [0, 0.1) is 11.6 Å². The SMILES string of the molecule is O=C(O)c1cc2cccc(OCCNCc3cncc(-c4ccc(F)cc4F)c3)c2[nH]1. The minimum atomic E-state index is -1.03. The smallest absolute Gasteiger partial charge is 0.352 e. The zero-order chi connectivity index (χ0) is 21.8. The van der Waals surface area contributed by atoms with Gasteiger partial charge in [0.25, 0.3) is 0 Å². The maximum absolute atomic E-state index is 14.0. The highest BCUT2D eigenvalue weighted by molar-refractivity contribution is 5.95. The van der Waals surface area contributed by atoms with Gasteiger partial charge in [0.15, 0.2) is 0 Å². The molecule has 8 heteroatoms. The molecule has 0 unspecified atom stereocenters. The molecule has 158 valence electrons. The van der Waals surface area contributed by atoms with Crippen LogP contribution < -0.4 is 10.1 Å². The van der Waals surface area contributed by atoms with E-state index in [-0.39, 0.29) is 5.69 Å². The first-order valence-corrected chi connectivity index (χ1v) is 9.59. The van der Waals surface area contributed by atoms with Crippen LogP contribution >= 0.6 is 0 Å². The summed E-state index contributed by atoms with van der Waals surface area (Å²) in [6, 6.07) is 12.2. The number of carbonyl (C=O) groups is 1. The number of carboxylic acid groups (broad SMARTS) is 1. The number of benzene rings is 2. The Morgan fingerprint density at radius 1 is 1.13 bits per heavy atom. The molecule has 0 aliphatic heterocycles. The van der Waals surface area contributed by atoms with Crippen molar-refractivity contribution in [3.05, 3.63) is 83.8 Å². The lowest BCUT2D eigenvalue weighted by Gasteiger charge is -2.10. The molecular weight excluding hydrogens is 404 g/mol. The van der Waals surface area contributed by atoms with Crippen molar-refractivity contribution in [3.8, 4) is 16.9 Å². The average Bonchev–Trinajstić information content (AvgIpc) is 3.19. The van der Waals surface area contributed by atoms with Gasteiger partial charge in [-0.15, -0.1) is 0 Å². The molecule has 0 saturated carbocycles. The Labute approximate surface area is 176 Å². The molecule has 0 fully saturated rings. The maximum Gasteiger partial charge on any atom is 0.352 e. The number of fused-ring (bicyclic) bond motifs is 1. The number of rotatable bonds is 8. The Bertz CT molecular complexity index is 1240. The monoisotopic (exact) mass is 423 g/mol. The van der Waals surface area contributed by atoms with E-state index in [2.05, 4.69) is 15.3 Å². The van der Waals surface area contributed by atoms with Gasteiger partial charge in [-0.25, -0.2) is 13.6 Å². The van der Waals surface area contributed by atoms with Crippen molar-refractivity contribution in [2.45, 2.75) is 6.54 Å².